The van der Waals surface area contributed by atoms with E-state index in [-0.39, 0.29) is 11.3 Å². The summed E-state index contributed by atoms with van der Waals surface area (Å²) >= 11 is 4.41. The summed E-state index contributed by atoms with van der Waals surface area (Å²) in [6, 6.07) is 1.79. The van der Waals surface area contributed by atoms with Gasteiger partial charge < -0.3 is 5.11 Å². The first-order valence-corrected chi connectivity index (χ1v) is 9.51. The molecule has 21 heavy (non-hydrogen) atoms. The Morgan fingerprint density at radius 2 is 2.43 bits per heavy atom. The van der Waals surface area contributed by atoms with Crippen LogP contribution in [0, 0.1) is 0 Å². The maximum atomic E-state index is 12.6. The molecule has 1 N–H and O–H groups in total. The van der Waals surface area contributed by atoms with Gasteiger partial charge in [0.2, 0.25) is 0 Å². The number of thioether (sulfide) groups is 2. The molecule has 0 aromatic carbocycles. The zero-order valence-electron chi connectivity index (χ0n) is 11.2. The van der Waals surface area contributed by atoms with E-state index in [9.17, 15) is 9.59 Å². The second-order valence-electron chi connectivity index (χ2n) is 4.77. The molecule has 2 aromatic heterocycles. The minimum atomic E-state index is -0.901. The molecule has 1 unspecified atom stereocenters. The molecule has 112 valence electrons. The Hall–Kier alpha value is -0.990. The van der Waals surface area contributed by atoms with Gasteiger partial charge in [-0.15, -0.1) is 11.3 Å². The van der Waals surface area contributed by atoms with Crippen LogP contribution in [0.1, 0.15) is 12.8 Å². The van der Waals surface area contributed by atoms with Crippen molar-refractivity contribution in [3.8, 4) is 0 Å². The summed E-state index contributed by atoms with van der Waals surface area (Å²) in [5, 5.41) is 12.3. The third kappa shape index (κ3) is 3.27. The summed E-state index contributed by atoms with van der Waals surface area (Å²) < 4.78 is 1.66. The van der Waals surface area contributed by atoms with Crippen LogP contribution in [0.25, 0.3) is 10.2 Å². The molecule has 1 aliphatic heterocycles. The van der Waals surface area contributed by atoms with Gasteiger partial charge in [0.05, 0.1) is 11.1 Å². The van der Waals surface area contributed by atoms with E-state index in [1.807, 2.05) is 17.1 Å². The maximum Gasteiger partial charge on any atom is 0.313 e. The number of thiophene rings is 1. The second-order valence-corrected chi connectivity index (χ2v) is 8.01. The van der Waals surface area contributed by atoms with Crippen molar-refractivity contribution < 1.29 is 9.90 Å². The molecule has 3 rings (SSSR count). The van der Waals surface area contributed by atoms with Crippen LogP contribution in [0.5, 0.6) is 0 Å². The van der Waals surface area contributed by atoms with Crippen molar-refractivity contribution in [2.45, 2.75) is 29.8 Å². The van der Waals surface area contributed by atoms with Crippen molar-refractivity contribution in [2.24, 2.45) is 0 Å². The molecule has 0 spiro atoms. The third-order valence-corrected chi connectivity index (χ3v) is 6.43. The van der Waals surface area contributed by atoms with Gasteiger partial charge in [0.1, 0.15) is 4.83 Å². The number of rotatable bonds is 5. The highest BCUT2D eigenvalue weighted by Crippen LogP contribution is 2.29. The molecule has 1 saturated heterocycles. The minimum Gasteiger partial charge on any atom is -0.481 e. The Kier molecular flexibility index (Phi) is 4.56. The summed E-state index contributed by atoms with van der Waals surface area (Å²) in [6.07, 6.45) is 2.28. The predicted molar refractivity (Wildman–Crippen MR) is 87.7 cm³/mol. The number of carboxylic acids is 1. The summed E-state index contributed by atoms with van der Waals surface area (Å²) in [5.41, 5.74) is -0.0540. The number of carboxylic acid groups (broad SMARTS) is 1. The van der Waals surface area contributed by atoms with Gasteiger partial charge in [-0.25, -0.2) is 4.98 Å². The maximum absolute atomic E-state index is 12.6. The lowest BCUT2D eigenvalue weighted by atomic mass is 10.2. The Labute approximate surface area is 133 Å². The number of aliphatic carboxylic acids is 1. The number of hydrogen-bond acceptors (Lipinski definition) is 6. The Balaban J connectivity index is 1.99. The van der Waals surface area contributed by atoms with E-state index >= 15 is 0 Å². The average Bonchev–Trinajstić information content (AvgIpc) is 3.11. The summed E-state index contributed by atoms with van der Waals surface area (Å²) in [7, 11) is 0. The first-order chi connectivity index (χ1) is 10.1. The summed E-state index contributed by atoms with van der Waals surface area (Å²) in [6.45, 7) is 0.615. The van der Waals surface area contributed by atoms with Crippen molar-refractivity contribution in [1.82, 2.24) is 9.55 Å². The van der Waals surface area contributed by atoms with Crippen LogP contribution in [-0.4, -0.2) is 37.4 Å². The third-order valence-electron chi connectivity index (χ3n) is 3.28. The molecule has 0 saturated carbocycles. The molecule has 0 amide bonds. The molecule has 8 heteroatoms. The number of nitrogens with zero attached hydrogens (tertiary/aromatic N) is 2. The van der Waals surface area contributed by atoms with Gasteiger partial charge in [-0.05, 0) is 30.0 Å². The van der Waals surface area contributed by atoms with Crippen LogP contribution in [0.4, 0.5) is 0 Å². The molecule has 0 radical (unpaired) electrons. The lowest BCUT2D eigenvalue weighted by Crippen LogP contribution is -2.27. The highest BCUT2D eigenvalue weighted by Gasteiger charge is 2.20. The minimum absolute atomic E-state index is 0.0540. The van der Waals surface area contributed by atoms with Crippen molar-refractivity contribution in [1.29, 1.82) is 0 Å². The highest BCUT2D eigenvalue weighted by atomic mass is 32.2. The number of hydrogen-bond donors (Lipinski definition) is 1. The molecule has 1 atom stereocenters. The SMILES string of the molecule is O=C(O)CSc1nc2sccc2c(=O)n1CC1CCCS1. The van der Waals surface area contributed by atoms with Gasteiger partial charge in [-0.2, -0.15) is 11.8 Å². The van der Waals surface area contributed by atoms with Gasteiger partial charge in [0, 0.05) is 11.8 Å². The van der Waals surface area contributed by atoms with E-state index < -0.39 is 5.97 Å². The summed E-state index contributed by atoms with van der Waals surface area (Å²) in [5.74, 6) is 0.147. The van der Waals surface area contributed by atoms with E-state index in [2.05, 4.69) is 4.98 Å². The van der Waals surface area contributed by atoms with Gasteiger partial charge >= 0.3 is 5.97 Å². The fourth-order valence-electron chi connectivity index (χ4n) is 2.32. The monoisotopic (exact) mass is 342 g/mol. The molecule has 5 nitrogen and oxygen atoms in total. The first-order valence-electron chi connectivity index (χ1n) is 6.59. The number of carbonyl (C=O) groups is 1. The number of aromatic nitrogens is 2. The number of fused-ring (bicyclic) bond motifs is 1. The molecule has 2 aromatic rings. The zero-order valence-corrected chi connectivity index (χ0v) is 13.6. The summed E-state index contributed by atoms with van der Waals surface area (Å²) in [4.78, 5) is 28.6. The van der Waals surface area contributed by atoms with Gasteiger partial charge in [0.15, 0.2) is 5.16 Å². The predicted octanol–water partition coefficient (Wildman–Crippen LogP) is 2.53. The van der Waals surface area contributed by atoms with Crippen LogP contribution in [0.3, 0.4) is 0 Å². The van der Waals surface area contributed by atoms with E-state index in [1.54, 1.807) is 10.6 Å². The van der Waals surface area contributed by atoms with Crippen molar-refractivity contribution in [3.05, 3.63) is 21.8 Å². The quantitative estimate of drug-likeness (QED) is 0.665. The van der Waals surface area contributed by atoms with Crippen LogP contribution < -0.4 is 5.56 Å². The lowest BCUT2D eigenvalue weighted by molar-refractivity contribution is -0.133. The van der Waals surface area contributed by atoms with E-state index in [4.69, 9.17) is 5.11 Å². The van der Waals surface area contributed by atoms with Gasteiger partial charge in [0.25, 0.3) is 5.56 Å². The molecule has 0 bridgehead atoms. The van der Waals surface area contributed by atoms with E-state index in [0.29, 0.717) is 27.2 Å². The van der Waals surface area contributed by atoms with Crippen LogP contribution in [0.15, 0.2) is 21.4 Å². The fourth-order valence-corrected chi connectivity index (χ4v) is 5.11. The van der Waals surface area contributed by atoms with Gasteiger partial charge in [-0.1, -0.05) is 11.8 Å². The fraction of sp³-hybridized carbons (Fsp3) is 0.462. The van der Waals surface area contributed by atoms with Crippen LogP contribution in [-0.2, 0) is 11.3 Å². The van der Waals surface area contributed by atoms with Crippen molar-refractivity contribution in [2.75, 3.05) is 11.5 Å². The standard InChI is InChI=1S/C13H14N2O3S3/c16-10(17)7-21-13-14-11-9(3-5-20-11)12(18)15(13)6-8-2-1-4-19-8/h3,5,8H,1-2,4,6-7H2,(H,16,17). The molecular weight excluding hydrogens is 328 g/mol. The van der Waals surface area contributed by atoms with Gasteiger partial charge in [-0.3, -0.25) is 14.2 Å². The zero-order chi connectivity index (χ0) is 14.8. The molecule has 3 heterocycles. The van der Waals surface area contributed by atoms with Crippen molar-refractivity contribution >= 4 is 51.0 Å². The molecule has 1 fully saturated rings. The lowest BCUT2D eigenvalue weighted by Gasteiger charge is -2.14. The van der Waals surface area contributed by atoms with Crippen LogP contribution >= 0.6 is 34.9 Å². The molecule has 0 aliphatic carbocycles. The topological polar surface area (TPSA) is 72.2 Å². The Morgan fingerprint density at radius 1 is 1.57 bits per heavy atom. The average molecular weight is 342 g/mol. The highest BCUT2D eigenvalue weighted by molar-refractivity contribution is 8.00. The molecular formula is C13H14N2O3S3. The van der Waals surface area contributed by atoms with E-state index in [0.717, 1.165) is 23.9 Å². The normalized spacial score (nSPS) is 18.4. The molecule has 1 aliphatic rings. The Bertz CT molecular complexity index is 719. The second kappa shape index (κ2) is 6.41. The van der Waals surface area contributed by atoms with Crippen molar-refractivity contribution in [3.63, 3.8) is 0 Å². The van der Waals surface area contributed by atoms with E-state index in [1.165, 1.54) is 17.8 Å². The first kappa shape index (κ1) is 14.9. The van der Waals surface area contributed by atoms with Crippen LogP contribution in [0.2, 0.25) is 0 Å². The smallest absolute Gasteiger partial charge is 0.313 e. The Morgan fingerprint density at radius 3 is 3.14 bits per heavy atom. The largest absolute Gasteiger partial charge is 0.481 e.